The second-order valence-electron chi connectivity index (χ2n) is 6.37. The molecule has 0 atom stereocenters. The molecule has 3 rings (SSSR count). The van der Waals surface area contributed by atoms with E-state index in [1.165, 1.54) is 34.8 Å². The highest BCUT2D eigenvalue weighted by Gasteiger charge is 2.34. The molecule has 0 radical (unpaired) electrons. The predicted molar refractivity (Wildman–Crippen MR) is 95.0 cm³/mol. The maximum Gasteiger partial charge on any atom is 0.218 e. The van der Waals surface area contributed by atoms with Crippen molar-refractivity contribution >= 4 is 19.9 Å². The Hall–Kier alpha value is -1.71. The van der Waals surface area contributed by atoms with Crippen LogP contribution < -0.4 is 0 Å². The van der Waals surface area contributed by atoms with Crippen LogP contribution in [0, 0.1) is 5.82 Å². The number of halogens is 1. The summed E-state index contributed by atoms with van der Waals surface area (Å²) < 4.78 is 69.3. The summed E-state index contributed by atoms with van der Waals surface area (Å²) in [4.78, 5) is 0. The van der Waals surface area contributed by atoms with Crippen LogP contribution >= 0.6 is 0 Å². The first-order chi connectivity index (χ1) is 12.3. The third kappa shape index (κ3) is 4.52. The molecule has 0 amide bonds. The topological polar surface area (TPSA) is 84.7 Å². The molecular weight excluding hydrogens is 381 g/mol. The highest BCUT2D eigenvalue weighted by molar-refractivity contribution is 7.91. The molecule has 2 aromatic rings. The number of hydrogen-bond donors (Lipinski definition) is 0. The molecule has 0 saturated carbocycles. The molecule has 0 spiro atoms. The molecule has 2 heterocycles. The van der Waals surface area contributed by atoms with E-state index in [1.54, 1.807) is 12.1 Å². The van der Waals surface area contributed by atoms with Gasteiger partial charge in [0.2, 0.25) is 10.0 Å². The maximum atomic E-state index is 12.9. The van der Waals surface area contributed by atoms with Crippen LogP contribution in [0.4, 0.5) is 4.39 Å². The van der Waals surface area contributed by atoms with Crippen LogP contribution in [0.5, 0.6) is 0 Å². The number of nitrogens with zero attached hydrogens (tertiary/aromatic N) is 1. The van der Waals surface area contributed by atoms with Gasteiger partial charge in [0.25, 0.3) is 0 Å². The van der Waals surface area contributed by atoms with Crippen molar-refractivity contribution < 1.29 is 25.6 Å². The van der Waals surface area contributed by atoms with Crippen molar-refractivity contribution in [2.75, 3.05) is 13.1 Å². The first kappa shape index (κ1) is 19.1. The third-order valence-electron chi connectivity index (χ3n) is 4.49. The fraction of sp³-hybridized carbons (Fsp3) is 0.412. The van der Waals surface area contributed by atoms with Gasteiger partial charge in [0, 0.05) is 13.1 Å². The van der Waals surface area contributed by atoms with Gasteiger partial charge in [-0.25, -0.2) is 25.5 Å². The van der Waals surface area contributed by atoms with Crippen molar-refractivity contribution in [3.8, 4) is 0 Å². The fourth-order valence-corrected chi connectivity index (χ4v) is 6.35. The van der Waals surface area contributed by atoms with E-state index in [4.69, 9.17) is 4.42 Å². The summed E-state index contributed by atoms with van der Waals surface area (Å²) in [6.45, 7) is 0.317. The summed E-state index contributed by atoms with van der Waals surface area (Å²) in [5.41, 5.74) is 0.499. The second-order valence-corrected chi connectivity index (χ2v) is 10.6. The Morgan fingerprint density at radius 3 is 2.23 bits per heavy atom. The summed E-state index contributed by atoms with van der Waals surface area (Å²) in [6, 6.07) is 8.56. The molecule has 1 aliphatic heterocycles. The molecule has 6 nitrogen and oxygen atoms in total. The van der Waals surface area contributed by atoms with E-state index >= 15 is 0 Å². The summed E-state index contributed by atoms with van der Waals surface area (Å²) in [5, 5.41) is -0.579. The average molecular weight is 401 g/mol. The Bertz CT molecular complexity index is 930. The van der Waals surface area contributed by atoms with Crippen LogP contribution in [0.1, 0.15) is 24.2 Å². The Morgan fingerprint density at radius 2 is 1.65 bits per heavy atom. The van der Waals surface area contributed by atoms with Gasteiger partial charge in [-0.3, -0.25) is 0 Å². The van der Waals surface area contributed by atoms with Crippen LogP contribution in [-0.2, 0) is 31.4 Å². The molecule has 26 heavy (non-hydrogen) atoms. The Kier molecular flexibility index (Phi) is 5.50. The smallest absolute Gasteiger partial charge is 0.218 e. The number of sulfonamides is 1. The zero-order valence-corrected chi connectivity index (χ0v) is 15.7. The molecule has 0 aliphatic carbocycles. The van der Waals surface area contributed by atoms with Crippen LogP contribution in [0.25, 0.3) is 0 Å². The van der Waals surface area contributed by atoms with Gasteiger partial charge in [-0.1, -0.05) is 12.1 Å². The van der Waals surface area contributed by atoms with Gasteiger partial charge in [0.15, 0.2) is 9.84 Å². The van der Waals surface area contributed by atoms with Gasteiger partial charge >= 0.3 is 0 Å². The van der Waals surface area contributed by atoms with Crippen LogP contribution in [0.2, 0.25) is 0 Å². The first-order valence-electron chi connectivity index (χ1n) is 8.22. The normalized spacial score (nSPS) is 17.4. The van der Waals surface area contributed by atoms with Gasteiger partial charge in [-0.2, -0.15) is 0 Å². The molecule has 0 bridgehead atoms. The predicted octanol–water partition coefficient (Wildman–Crippen LogP) is 2.33. The number of rotatable bonds is 6. The fourth-order valence-electron chi connectivity index (χ4n) is 3.06. The molecule has 1 fully saturated rings. The molecule has 1 saturated heterocycles. The third-order valence-corrected chi connectivity index (χ3v) is 8.51. The van der Waals surface area contributed by atoms with Crippen LogP contribution in [0.3, 0.4) is 0 Å². The van der Waals surface area contributed by atoms with E-state index in [-0.39, 0.29) is 37.4 Å². The average Bonchev–Trinajstić information content (AvgIpc) is 3.09. The molecule has 142 valence electrons. The molecule has 1 aromatic heterocycles. The molecular formula is C17H20FNO5S2. The molecule has 9 heteroatoms. The summed E-state index contributed by atoms with van der Waals surface area (Å²) in [7, 11) is -6.97. The van der Waals surface area contributed by atoms with Crippen molar-refractivity contribution in [1.82, 2.24) is 4.31 Å². The Balaban J connectivity index is 1.61. The number of furan rings is 1. The van der Waals surface area contributed by atoms with Crippen LogP contribution in [0.15, 0.2) is 47.1 Å². The Labute approximate surface area is 152 Å². The van der Waals surface area contributed by atoms with Crippen LogP contribution in [-0.4, -0.2) is 39.5 Å². The van der Waals surface area contributed by atoms with E-state index in [9.17, 15) is 21.2 Å². The van der Waals surface area contributed by atoms with Gasteiger partial charge in [-0.05, 0) is 42.7 Å². The van der Waals surface area contributed by atoms with Crippen molar-refractivity contribution in [2.24, 2.45) is 0 Å². The highest BCUT2D eigenvalue weighted by Crippen LogP contribution is 2.24. The van der Waals surface area contributed by atoms with E-state index in [0.717, 1.165) is 0 Å². The van der Waals surface area contributed by atoms with Gasteiger partial charge < -0.3 is 4.42 Å². The lowest BCUT2D eigenvalue weighted by molar-refractivity contribution is 0.344. The quantitative estimate of drug-likeness (QED) is 0.742. The lowest BCUT2D eigenvalue weighted by Crippen LogP contribution is -2.43. The number of sulfone groups is 1. The number of piperidine rings is 1. The summed E-state index contributed by atoms with van der Waals surface area (Å²) in [5.74, 6) is -0.436. The zero-order valence-electron chi connectivity index (χ0n) is 14.0. The van der Waals surface area contributed by atoms with Crippen molar-refractivity contribution in [1.29, 1.82) is 0 Å². The van der Waals surface area contributed by atoms with Gasteiger partial charge in [0.05, 0.1) is 17.3 Å². The standard InChI is InChI=1S/C17H20FNO5S2/c18-15-5-3-14(4-6-15)12-26(22,23)19-9-7-17(8-10-19)25(20,21)13-16-2-1-11-24-16/h1-6,11,17H,7-10,12-13H2. The van der Waals surface area contributed by atoms with E-state index < -0.39 is 30.9 Å². The minimum absolute atomic E-state index is 0.158. The van der Waals surface area contributed by atoms with E-state index in [2.05, 4.69) is 0 Å². The lowest BCUT2D eigenvalue weighted by Gasteiger charge is -2.30. The number of hydrogen-bond acceptors (Lipinski definition) is 5. The molecule has 1 aromatic carbocycles. The number of benzene rings is 1. The minimum Gasteiger partial charge on any atom is -0.468 e. The largest absolute Gasteiger partial charge is 0.468 e. The monoisotopic (exact) mass is 401 g/mol. The van der Waals surface area contributed by atoms with Crippen molar-refractivity contribution in [3.63, 3.8) is 0 Å². The SMILES string of the molecule is O=S(=O)(Cc1ccco1)C1CCN(S(=O)(=O)Cc2ccc(F)cc2)CC1. The molecule has 0 unspecified atom stereocenters. The Morgan fingerprint density at radius 1 is 1.00 bits per heavy atom. The summed E-state index contributed by atoms with van der Waals surface area (Å²) in [6.07, 6.45) is 1.94. The highest BCUT2D eigenvalue weighted by atomic mass is 32.2. The lowest BCUT2D eigenvalue weighted by atomic mass is 10.2. The first-order valence-corrected chi connectivity index (χ1v) is 11.5. The molecule has 1 aliphatic rings. The molecule has 0 N–H and O–H groups in total. The maximum absolute atomic E-state index is 12.9. The van der Waals surface area contributed by atoms with Crippen molar-refractivity contribution in [3.05, 3.63) is 59.8 Å². The summed E-state index contributed by atoms with van der Waals surface area (Å²) >= 11 is 0. The minimum atomic E-state index is -3.57. The zero-order chi connectivity index (χ0) is 18.8. The van der Waals surface area contributed by atoms with E-state index in [1.807, 2.05) is 0 Å². The van der Waals surface area contributed by atoms with E-state index in [0.29, 0.717) is 11.3 Å². The van der Waals surface area contributed by atoms with Gasteiger partial charge in [-0.15, -0.1) is 0 Å². The van der Waals surface area contributed by atoms with Gasteiger partial charge in [0.1, 0.15) is 17.3 Å². The second kappa shape index (κ2) is 7.50. The van der Waals surface area contributed by atoms with Crippen molar-refractivity contribution in [2.45, 2.75) is 29.6 Å².